The molecule has 3 heterocycles. The van der Waals surface area contributed by atoms with Crippen molar-refractivity contribution in [1.29, 1.82) is 0 Å². The largest absolute Gasteiger partial charge is 0.355 e. The highest BCUT2D eigenvalue weighted by atomic mass is 16.1. The molecule has 1 N–H and O–H groups in total. The van der Waals surface area contributed by atoms with Crippen LogP contribution in [0.5, 0.6) is 0 Å². The predicted molar refractivity (Wildman–Crippen MR) is 120 cm³/mol. The number of rotatable bonds is 3. The number of hydrogen-bond acceptors (Lipinski definition) is 5. The first kappa shape index (κ1) is 18.3. The van der Waals surface area contributed by atoms with Crippen molar-refractivity contribution in [3.63, 3.8) is 0 Å². The van der Waals surface area contributed by atoms with Crippen LogP contribution in [-0.4, -0.2) is 38.6 Å². The van der Waals surface area contributed by atoms with Gasteiger partial charge in [-0.05, 0) is 43.6 Å². The molecule has 1 saturated heterocycles. The fraction of sp³-hybridized carbons (Fsp3) is 0.333. The van der Waals surface area contributed by atoms with Crippen LogP contribution in [0.4, 0.5) is 11.5 Å². The number of amides is 1. The van der Waals surface area contributed by atoms with E-state index in [2.05, 4.69) is 38.5 Å². The lowest BCUT2D eigenvalue weighted by Gasteiger charge is -2.34. The fourth-order valence-electron chi connectivity index (χ4n) is 5.08. The van der Waals surface area contributed by atoms with Gasteiger partial charge >= 0.3 is 0 Å². The van der Waals surface area contributed by atoms with Gasteiger partial charge in [-0.15, -0.1) is 0 Å². The number of fused-ring (bicyclic) bond motifs is 3. The lowest BCUT2D eigenvalue weighted by molar-refractivity contribution is -0.120. The first-order valence-electron chi connectivity index (χ1n) is 11.0. The first-order valence-corrected chi connectivity index (χ1v) is 11.0. The van der Waals surface area contributed by atoms with Crippen LogP contribution in [0.1, 0.15) is 30.5 Å². The molecule has 7 nitrogen and oxygen atoms in total. The van der Waals surface area contributed by atoms with Crippen LogP contribution >= 0.6 is 0 Å². The number of nitrogens with one attached hydrogen (secondary N) is 1. The van der Waals surface area contributed by atoms with Gasteiger partial charge in [-0.1, -0.05) is 36.4 Å². The van der Waals surface area contributed by atoms with E-state index in [9.17, 15) is 4.79 Å². The number of piperidine rings is 1. The van der Waals surface area contributed by atoms with Crippen molar-refractivity contribution in [1.82, 2.24) is 19.6 Å². The second kappa shape index (κ2) is 7.34. The lowest BCUT2D eigenvalue weighted by atomic mass is 9.96. The Labute approximate surface area is 180 Å². The Bertz CT molecular complexity index is 1290. The molecule has 7 heteroatoms. The SMILES string of the molecule is O=C(Nc1cccc2ccccc12)C1CCCN(c2c3c(nc4ncnn24)CCC3)C1. The Balaban J connectivity index is 1.29. The van der Waals surface area contributed by atoms with Crippen molar-refractivity contribution in [2.24, 2.45) is 5.92 Å². The average Bonchev–Trinajstić information content (AvgIpc) is 3.47. The van der Waals surface area contributed by atoms with Crippen molar-refractivity contribution in [3.05, 3.63) is 60.0 Å². The van der Waals surface area contributed by atoms with E-state index in [0.717, 1.165) is 66.6 Å². The Morgan fingerprint density at radius 1 is 1.06 bits per heavy atom. The van der Waals surface area contributed by atoms with E-state index in [0.29, 0.717) is 12.3 Å². The maximum Gasteiger partial charge on any atom is 0.254 e. The van der Waals surface area contributed by atoms with Crippen LogP contribution in [0.2, 0.25) is 0 Å². The highest BCUT2D eigenvalue weighted by Gasteiger charge is 2.31. The molecule has 2 aromatic carbocycles. The van der Waals surface area contributed by atoms with Gasteiger partial charge in [-0.3, -0.25) is 4.79 Å². The van der Waals surface area contributed by atoms with Gasteiger partial charge in [0.15, 0.2) is 0 Å². The Morgan fingerprint density at radius 3 is 2.94 bits per heavy atom. The minimum Gasteiger partial charge on any atom is -0.355 e. The second-order valence-electron chi connectivity index (χ2n) is 8.49. The van der Waals surface area contributed by atoms with Gasteiger partial charge in [-0.25, -0.2) is 4.98 Å². The molecular weight excluding hydrogens is 388 g/mol. The molecular formula is C24H24N6O. The van der Waals surface area contributed by atoms with Gasteiger partial charge in [-0.2, -0.15) is 14.6 Å². The first-order chi connectivity index (χ1) is 15.3. The monoisotopic (exact) mass is 412 g/mol. The standard InChI is InChI=1S/C24H24N6O/c31-22(27-20-11-3-7-16-6-1-2-9-18(16)20)17-8-5-13-29(14-17)23-19-10-4-12-21(19)28-24-25-15-26-30(23)24/h1-3,6-7,9,11,15,17H,4-5,8,10,12-14H2,(H,27,31). The second-order valence-corrected chi connectivity index (χ2v) is 8.49. The normalized spacial score (nSPS) is 18.5. The zero-order valence-electron chi connectivity index (χ0n) is 17.3. The number of benzene rings is 2. The molecule has 1 unspecified atom stereocenters. The Kier molecular flexibility index (Phi) is 4.33. The van der Waals surface area contributed by atoms with Crippen LogP contribution in [-0.2, 0) is 17.6 Å². The van der Waals surface area contributed by atoms with E-state index in [1.807, 2.05) is 28.8 Å². The molecule has 6 rings (SSSR count). The summed E-state index contributed by atoms with van der Waals surface area (Å²) in [4.78, 5) is 24.6. The third kappa shape index (κ3) is 3.12. The molecule has 0 saturated carbocycles. The summed E-state index contributed by atoms with van der Waals surface area (Å²) in [7, 11) is 0. The van der Waals surface area contributed by atoms with Gasteiger partial charge in [0.2, 0.25) is 5.91 Å². The van der Waals surface area contributed by atoms with E-state index >= 15 is 0 Å². The smallest absolute Gasteiger partial charge is 0.254 e. The summed E-state index contributed by atoms with van der Waals surface area (Å²) in [6.07, 6.45) is 6.54. The van der Waals surface area contributed by atoms with Crippen molar-refractivity contribution >= 4 is 34.0 Å². The molecule has 1 atom stereocenters. The topological polar surface area (TPSA) is 75.4 Å². The molecule has 1 amide bonds. The minimum atomic E-state index is -0.0727. The third-order valence-electron chi connectivity index (χ3n) is 6.56. The average molecular weight is 412 g/mol. The zero-order chi connectivity index (χ0) is 20.8. The zero-order valence-corrected chi connectivity index (χ0v) is 17.3. The number of aromatic nitrogens is 4. The van der Waals surface area contributed by atoms with E-state index in [-0.39, 0.29) is 11.8 Å². The maximum atomic E-state index is 13.3. The van der Waals surface area contributed by atoms with Gasteiger partial charge in [0.25, 0.3) is 5.78 Å². The van der Waals surface area contributed by atoms with Crippen LogP contribution < -0.4 is 10.2 Å². The van der Waals surface area contributed by atoms with Crippen molar-refractivity contribution < 1.29 is 4.79 Å². The summed E-state index contributed by atoms with van der Waals surface area (Å²) in [6.45, 7) is 1.60. The molecule has 0 bridgehead atoms. The number of carbonyl (C=O) groups excluding carboxylic acids is 1. The van der Waals surface area contributed by atoms with E-state index < -0.39 is 0 Å². The Hall–Kier alpha value is -3.48. The van der Waals surface area contributed by atoms with Crippen LogP contribution in [0.3, 0.4) is 0 Å². The third-order valence-corrected chi connectivity index (χ3v) is 6.56. The minimum absolute atomic E-state index is 0.0727. The highest BCUT2D eigenvalue weighted by molar-refractivity contribution is 6.03. The van der Waals surface area contributed by atoms with Crippen LogP contribution in [0, 0.1) is 5.92 Å². The summed E-state index contributed by atoms with van der Waals surface area (Å²) in [5.74, 6) is 1.74. The number of anilines is 2. The number of aryl methyl sites for hydroxylation is 1. The van der Waals surface area contributed by atoms with Crippen molar-refractivity contribution in [3.8, 4) is 0 Å². The molecule has 2 aliphatic rings. The lowest BCUT2D eigenvalue weighted by Crippen LogP contribution is -2.42. The van der Waals surface area contributed by atoms with Crippen molar-refractivity contribution in [2.75, 3.05) is 23.3 Å². The van der Waals surface area contributed by atoms with Crippen LogP contribution in [0.25, 0.3) is 16.6 Å². The van der Waals surface area contributed by atoms with Gasteiger partial charge < -0.3 is 10.2 Å². The van der Waals surface area contributed by atoms with E-state index in [4.69, 9.17) is 4.98 Å². The van der Waals surface area contributed by atoms with E-state index in [1.54, 1.807) is 6.33 Å². The number of hydrogen-bond donors (Lipinski definition) is 1. The maximum absolute atomic E-state index is 13.3. The van der Waals surface area contributed by atoms with Gasteiger partial charge in [0, 0.05) is 29.7 Å². The highest BCUT2D eigenvalue weighted by Crippen LogP contribution is 2.33. The fourth-order valence-corrected chi connectivity index (χ4v) is 5.08. The van der Waals surface area contributed by atoms with Gasteiger partial charge in [0.1, 0.15) is 12.1 Å². The van der Waals surface area contributed by atoms with Crippen molar-refractivity contribution in [2.45, 2.75) is 32.1 Å². The molecule has 2 aromatic heterocycles. The van der Waals surface area contributed by atoms with Gasteiger partial charge in [0.05, 0.1) is 11.6 Å². The molecule has 1 fully saturated rings. The predicted octanol–water partition coefficient (Wildman–Crippen LogP) is 3.62. The number of carbonyl (C=O) groups is 1. The molecule has 1 aliphatic heterocycles. The summed E-state index contributed by atoms with van der Waals surface area (Å²) >= 11 is 0. The number of nitrogens with zero attached hydrogens (tertiary/aromatic N) is 5. The molecule has 4 aromatic rings. The van der Waals surface area contributed by atoms with E-state index in [1.165, 1.54) is 5.56 Å². The molecule has 0 radical (unpaired) electrons. The van der Waals surface area contributed by atoms with Crippen LogP contribution in [0.15, 0.2) is 48.8 Å². The molecule has 31 heavy (non-hydrogen) atoms. The summed E-state index contributed by atoms with van der Waals surface area (Å²) < 4.78 is 1.86. The summed E-state index contributed by atoms with van der Waals surface area (Å²) in [6, 6.07) is 14.2. The Morgan fingerprint density at radius 2 is 1.97 bits per heavy atom. The molecule has 0 spiro atoms. The molecule has 1 aliphatic carbocycles. The summed E-state index contributed by atoms with van der Waals surface area (Å²) in [5.41, 5.74) is 3.29. The quantitative estimate of drug-likeness (QED) is 0.556. The summed E-state index contributed by atoms with van der Waals surface area (Å²) in [5, 5.41) is 9.84. The molecule has 156 valence electrons.